The maximum atomic E-state index is 8.42. The third-order valence-corrected chi connectivity index (χ3v) is 1.07. The average Bonchev–Trinajstić information content (AvgIpc) is 1.67. The van der Waals surface area contributed by atoms with Crippen LogP contribution in [0.4, 0.5) is 0 Å². The second-order valence-corrected chi connectivity index (χ2v) is 2.53. The highest BCUT2D eigenvalue weighted by Gasteiger charge is 2.13. The number of rotatable bonds is 2. The van der Waals surface area contributed by atoms with Gasteiger partial charge >= 0.3 is 0 Å². The van der Waals surface area contributed by atoms with Gasteiger partial charge in [-0.15, -0.1) is 0 Å². The molecule has 0 heterocycles. The zero-order chi connectivity index (χ0) is 6.62. The van der Waals surface area contributed by atoms with Gasteiger partial charge in [0.2, 0.25) is 0 Å². The Balaban J connectivity index is 3.59. The molecule has 0 rings (SSSR count). The number of hydrogen-bond donors (Lipinski definition) is 1. The lowest BCUT2D eigenvalue weighted by Crippen LogP contribution is -2.14. The van der Waals surface area contributed by atoms with E-state index in [0.29, 0.717) is 6.54 Å². The summed E-state index contributed by atoms with van der Waals surface area (Å²) < 4.78 is 0. The molecule has 0 amide bonds. The van der Waals surface area contributed by atoms with Gasteiger partial charge in [0.25, 0.3) is 0 Å². The van der Waals surface area contributed by atoms with Gasteiger partial charge in [0, 0.05) is 0 Å². The lowest BCUT2D eigenvalue weighted by molar-refractivity contribution is 0.460. The van der Waals surface area contributed by atoms with Crippen LogP contribution >= 0.6 is 0 Å². The predicted molar refractivity (Wildman–Crippen MR) is 33.1 cm³/mol. The van der Waals surface area contributed by atoms with Gasteiger partial charge in [-0.25, -0.2) is 0 Å². The maximum Gasteiger partial charge on any atom is 0.0684 e. The Kier molecular flexibility index (Phi) is 2.50. The molecule has 0 aromatic rings. The number of nitrogens with zero attached hydrogens (tertiary/aromatic N) is 1. The third kappa shape index (κ3) is 2.59. The summed E-state index contributed by atoms with van der Waals surface area (Å²) in [6.45, 7) is 4.38. The summed E-state index contributed by atoms with van der Waals surface area (Å²) in [7, 11) is 0. The minimum atomic E-state index is -0.227. The SMILES string of the molecule is CC(C)(C#N)CCN. The van der Waals surface area contributed by atoms with Gasteiger partial charge in [-0.3, -0.25) is 0 Å². The second-order valence-electron chi connectivity index (χ2n) is 2.53. The fourth-order valence-electron chi connectivity index (χ4n) is 0.417. The normalized spacial score (nSPS) is 10.8. The van der Waals surface area contributed by atoms with Crippen molar-refractivity contribution in [3.8, 4) is 6.07 Å². The fourth-order valence-corrected chi connectivity index (χ4v) is 0.417. The molecule has 2 heteroatoms. The van der Waals surface area contributed by atoms with E-state index in [-0.39, 0.29) is 5.41 Å². The molecule has 0 aliphatic carbocycles. The van der Waals surface area contributed by atoms with E-state index < -0.39 is 0 Å². The van der Waals surface area contributed by atoms with Crippen LogP contribution < -0.4 is 5.73 Å². The van der Waals surface area contributed by atoms with Crippen molar-refractivity contribution in [1.29, 1.82) is 5.26 Å². The van der Waals surface area contributed by atoms with E-state index in [1.165, 1.54) is 0 Å². The van der Waals surface area contributed by atoms with E-state index in [0.717, 1.165) is 6.42 Å². The summed E-state index contributed by atoms with van der Waals surface area (Å²) >= 11 is 0. The lowest BCUT2D eigenvalue weighted by atomic mass is 9.92. The van der Waals surface area contributed by atoms with Gasteiger partial charge < -0.3 is 5.73 Å². The van der Waals surface area contributed by atoms with E-state index in [1.807, 2.05) is 13.8 Å². The van der Waals surface area contributed by atoms with Crippen LogP contribution in [0.25, 0.3) is 0 Å². The molecule has 0 aliphatic heterocycles. The fraction of sp³-hybridized carbons (Fsp3) is 0.833. The van der Waals surface area contributed by atoms with Gasteiger partial charge in [0.15, 0.2) is 0 Å². The average molecular weight is 112 g/mol. The minimum absolute atomic E-state index is 0.227. The smallest absolute Gasteiger partial charge is 0.0684 e. The molecular formula is C6H12N2. The largest absolute Gasteiger partial charge is 0.330 e. The molecule has 46 valence electrons. The van der Waals surface area contributed by atoms with Crippen LogP contribution in [-0.2, 0) is 0 Å². The van der Waals surface area contributed by atoms with Crippen molar-refractivity contribution < 1.29 is 0 Å². The molecular weight excluding hydrogens is 100 g/mol. The van der Waals surface area contributed by atoms with E-state index in [4.69, 9.17) is 11.0 Å². The van der Waals surface area contributed by atoms with Gasteiger partial charge in [-0.1, -0.05) is 0 Å². The van der Waals surface area contributed by atoms with Gasteiger partial charge in [-0.05, 0) is 26.8 Å². The van der Waals surface area contributed by atoms with Crippen LogP contribution in [0.5, 0.6) is 0 Å². The molecule has 2 N–H and O–H groups in total. The zero-order valence-corrected chi connectivity index (χ0v) is 5.44. The molecule has 0 spiro atoms. The van der Waals surface area contributed by atoms with E-state index in [2.05, 4.69) is 6.07 Å². The summed E-state index contributed by atoms with van der Waals surface area (Å²) in [5.74, 6) is 0. The summed E-state index contributed by atoms with van der Waals surface area (Å²) in [6, 6.07) is 2.16. The van der Waals surface area contributed by atoms with Crippen LogP contribution in [0.2, 0.25) is 0 Å². The van der Waals surface area contributed by atoms with E-state index >= 15 is 0 Å². The van der Waals surface area contributed by atoms with Crippen molar-refractivity contribution in [1.82, 2.24) is 0 Å². The molecule has 0 saturated heterocycles. The van der Waals surface area contributed by atoms with Crippen molar-refractivity contribution >= 4 is 0 Å². The van der Waals surface area contributed by atoms with Crippen molar-refractivity contribution in [2.45, 2.75) is 20.3 Å². The molecule has 0 aromatic heterocycles. The summed E-state index contributed by atoms with van der Waals surface area (Å²) in [5.41, 5.74) is 5.01. The van der Waals surface area contributed by atoms with Gasteiger partial charge in [0.1, 0.15) is 0 Å². The molecule has 0 bridgehead atoms. The monoisotopic (exact) mass is 112 g/mol. The second kappa shape index (κ2) is 2.68. The van der Waals surface area contributed by atoms with Crippen LogP contribution in [0.15, 0.2) is 0 Å². The van der Waals surface area contributed by atoms with Crippen LogP contribution in [0, 0.1) is 16.7 Å². The Labute approximate surface area is 50.3 Å². The molecule has 0 fully saturated rings. The Morgan fingerprint density at radius 3 is 2.25 bits per heavy atom. The first-order chi connectivity index (χ1) is 3.62. The van der Waals surface area contributed by atoms with Gasteiger partial charge in [0.05, 0.1) is 11.5 Å². The third-order valence-electron chi connectivity index (χ3n) is 1.07. The van der Waals surface area contributed by atoms with Crippen molar-refractivity contribution in [3.05, 3.63) is 0 Å². The number of nitrogens with two attached hydrogens (primary N) is 1. The lowest BCUT2D eigenvalue weighted by Gasteiger charge is -2.11. The molecule has 8 heavy (non-hydrogen) atoms. The number of nitriles is 1. The Bertz CT molecular complexity index is 99.6. The first-order valence-corrected chi connectivity index (χ1v) is 2.74. The zero-order valence-electron chi connectivity index (χ0n) is 5.44. The molecule has 0 radical (unpaired) electrons. The predicted octanol–water partition coefficient (Wildman–Crippen LogP) is 0.885. The standard InChI is InChI=1S/C6H12N2/c1-6(2,5-8)3-4-7/h3-4,7H2,1-2H3. The Morgan fingerprint density at radius 1 is 1.62 bits per heavy atom. The molecule has 2 nitrogen and oxygen atoms in total. The van der Waals surface area contributed by atoms with Crippen molar-refractivity contribution in [2.75, 3.05) is 6.54 Å². The van der Waals surface area contributed by atoms with Gasteiger partial charge in [-0.2, -0.15) is 5.26 Å². The molecule has 0 atom stereocenters. The summed E-state index contributed by atoms with van der Waals surface area (Å²) in [4.78, 5) is 0. The first kappa shape index (κ1) is 7.45. The molecule has 0 saturated carbocycles. The summed E-state index contributed by atoms with van der Waals surface area (Å²) in [6.07, 6.45) is 0.781. The Morgan fingerprint density at radius 2 is 2.12 bits per heavy atom. The Hall–Kier alpha value is -0.550. The minimum Gasteiger partial charge on any atom is -0.330 e. The highest BCUT2D eigenvalue weighted by atomic mass is 14.5. The highest BCUT2D eigenvalue weighted by molar-refractivity contribution is 4.91. The first-order valence-electron chi connectivity index (χ1n) is 2.74. The van der Waals surface area contributed by atoms with Crippen molar-refractivity contribution in [3.63, 3.8) is 0 Å². The molecule has 0 unspecified atom stereocenters. The molecule has 0 aliphatic rings. The maximum absolute atomic E-state index is 8.42. The van der Waals surface area contributed by atoms with Crippen LogP contribution in [0.1, 0.15) is 20.3 Å². The van der Waals surface area contributed by atoms with Crippen molar-refractivity contribution in [2.24, 2.45) is 11.1 Å². The topological polar surface area (TPSA) is 49.8 Å². The summed E-state index contributed by atoms with van der Waals surface area (Å²) in [5, 5.41) is 8.42. The van der Waals surface area contributed by atoms with E-state index in [1.54, 1.807) is 0 Å². The van der Waals surface area contributed by atoms with Crippen LogP contribution in [-0.4, -0.2) is 6.54 Å². The van der Waals surface area contributed by atoms with E-state index in [9.17, 15) is 0 Å². The molecule has 0 aromatic carbocycles. The highest BCUT2D eigenvalue weighted by Crippen LogP contribution is 2.16. The van der Waals surface area contributed by atoms with Crippen LogP contribution in [0.3, 0.4) is 0 Å². The quantitative estimate of drug-likeness (QED) is 0.576. The number of hydrogen-bond acceptors (Lipinski definition) is 2.